The maximum absolute atomic E-state index is 5.50. The summed E-state index contributed by atoms with van der Waals surface area (Å²) in [5.74, 6) is 0.556. The summed E-state index contributed by atoms with van der Waals surface area (Å²) in [7, 11) is 4.18. The number of nitrogens with one attached hydrogen (secondary N) is 2. The molecule has 2 N–H and O–H groups in total. The molecule has 0 radical (unpaired) electrons. The number of aryl methyl sites for hydroxylation is 2. The van der Waals surface area contributed by atoms with E-state index >= 15 is 0 Å². The van der Waals surface area contributed by atoms with Crippen LogP contribution in [-0.4, -0.2) is 45.5 Å². The van der Waals surface area contributed by atoms with E-state index < -0.39 is 0 Å². The summed E-state index contributed by atoms with van der Waals surface area (Å²) in [5, 5.41) is 6.66. The van der Waals surface area contributed by atoms with Gasteiger partial charge < -0.3 is 15.5 Å². The predicted molar refractivity (Wildman–Crippen MR) is 127 cm³/mol. The first kappa shape index (κ1) is 20.4. The van der Waals surface area contributed by atoms with E-state index in [4.69, 9.17) is 17.2 Å². The zero-order valence-electron chi connectivity index (χ0n) is 17.6. The Balaban J connectivity index is 1.59. The van der Waals surface area contributed by atoms with E-state index in [9.17, 15) is 0 Å². The smallest absolute Gasteiger partial charge is 0.227 e. The number of thiocarbonyl (C=S) groups is 1. The van der Waals surface area contributed by atoms with Crippen molar-refractivity contribution in [2.75, 3.05) is 31.3 Å². The molecule has 2 aromatic heterocycles. The molecule has 3 heterocycles. The lowest BCUT2D eigenvalue weighted by Crippen LogP contribution is -2.13. The summed E-state index contributed by atoms with van der Waals surface area (Å²) in [6, 6.07) is 8.40. The highest BCUT2D eigenvalue weighted by atomic mass is 32.1. The first-order valence-corrected chi connectivity index (χ1v) is 10.5. The highest BCUT2D eigenvalue weighted by Gasteiger charge is 2.19. The number of rotatable bonds is 6. The average molecular weight is 419 g/mol. The van der Waals surface area contributed by atoms with Crippen molar-refractivity contribution >= 4 is 34.5 Å². The fourth-order valence-corrected chi connectivity index (χ4v) is 3.85. The van der Waals surface area contributed by atoms with E-state index in [-0.39, 0.29) is 0 Å². The maximum Gasteiger partial charge on any atom is 0.227 e. The second kappa shape index (κ2) is 8.85. The second-order valence-electron chi connectivity index (χ2n) is 7.96. The predicted octanol–water partition coefficient (Wildman–Crippen LogP) is 4.38. The van der Waals surface area contributed by atoms with Gasteiger partial charge in [-0.25, -0.2) is 9.97 Å². The van der Waals surface area contributed by atoms with Crippen molar-refractivity contribution < 1.29 is 0 Å². The van der Waals surface area contributed by atoms with Gasteiger partial charge >= 0.3 is 0 Å². The third-order valence-electron chi connectivity index (χ3n) is 5.04. The number of nitrogens with zero attached hydrogens (tertiary/aromatic N) is 4. The van der Waals surface area contributed by atoms with Gasteiger partial charge in [0, 0.05) is 35.6 Å². The summed E-state index contributed by atoms with van der Waals surface area (Å²) in [4.78, 5) is 16.7. The monoisotopic (exact) mass is 418 g/mol. The van der Waals surface area contributed by atoms with E-state index in [1.165, 1.54) is 11.1 Å². The topological polar surface area (TPSA) is 66.0 Å². The third kappa shape index (κ3) is 4.80. The van der Waals surface area contributed by atoms with Gasteiger partial charge in [0.25, 0.3) is 0 Å². The van der Waals surface area contributed by atoms with Crippen LogP contribution in [0.3, 0.4) is 0 Å². The van der Waals surface area contributed by atoms with Gasteiger partial charge in [-0.3, -0.25) is 4.98 Å². The molecule has 7 heteroatoms. The van der Waals surface area contributed by atoms with Gasteiger partial charge in [-0.2, -0.15) is 0 Å². The Morgan fingerprint density at radius 1 is 1.17 bits per heavy atom. The first-order chi connectivity index (χ1) is 14.5. The van der Waals surface area contributed by atoms with Gasteiger partial charge in [-0.15, -0.1) is 0 Å². The summed E-state index contributed by atoms with van der Waals surface area (Å²) in [5.41, 5.74) is 7.23. The molecule has 1 aliphatic heterocycles. The Morgan fingerprint density at radius 2 is 2.03 bits per heavy atom. The van der Waals surface area contributed by atoms with Crippen molar-refractivity contribution in [3.8, 4) is 11.3 Å². The fourth-order valence-electron chi connectivity index (χ4n) is 3.59. The van der Waals surface area contributed by atoms with Gasteiger partial charge in [-0.1, -0.05) is 24.4 Å². The van der Waals surface area contributed by atoms with E-state index in [1.54, 1.807) is 6.20 Å². The first-order valence-electron chi connectivity index (χ1n) is 10.1. The molecule has 3 aromatic rings. The molecule has 6 nitrogen and oxygen atoms in total. The van der Waals surface area contributed by atoms with Crippen molar-refractivity contribution in [2.45, 2.75) is 26.2 Å². The molecule has 0 aliphatic carbocycles. The number of anilines is 3. The highest BCUT2D eigenvalue weighted by Crippen LogP contribution is 2.34. The van der Waals surface area contributed by atoms with Crippen molar-refractivity contribution in [1.82, 2.24) is 19.9 Å². The van der Waals surface area contributed by atoms with Gasteiger partial charge in [0.15, 0.2) is 0 Å². The van der Waals surface area contributed by atoms with Crippen LogP contribution in [0.1, 0.15) is 23.1 Å². The van der Waals surface area contributed by atoms with Gasteiger partial charge in [0.2, 0.25) is 5.95 Å². The molecule has 0 bridgehead atoms. The minimum absolute atomic E-state index is 0.556. The van der Waals surface area contributed by atoms with Crippen molar-refractivity contribution in [3.05, 3.63) is 59.5 Å². The van der Waals surface area contributed by atoms with Crippen LogP contribution in [-0.2, 0) is 12.8 Å². The Labute approximate surface area is 182 Å². The normalized spacial score (nSPS) is 12.7. The second-order valence-corrected chi connectivity index (χ2v) is 8.45. The van der Waals surface area contributed by atoms with E-state index in [2.05, 4.69) is 70.8 Å². The maximum atomic E-state index is 5.50. The van der Waals surface area contributed by atoms with Crippen LogP contribution in [0.4, 0.5) is 17.3 Å². The number of fused-ring (bicyclic) bond motifs is 3. The number of hydrogen-bond donors (Lipinski definition) is 2. The van der Waals surface area contributed by atoms with Crippen LogP contribution >= 0.6 is 12.2 Å². The van der Waals surface area contributed by atoms with Gasteiger partial charge in [0.1, 0.15) is 0 Å². The molecular weight excluding hydrogens is 392 g/mol. The number of pyridine rings is 1. The zero-order chi connectivity index (χ0) is 21.1. The summed E-state index contributed by atoms with van der Waals surface area (Å²) in [6.45, 7) is 3.13. The van der Waals surface area contributed by atoms with Crippen LogP contribution < -0.4 is 10.6 Å². The number of hydrogen-bond acceptors (Lipinski definition) is 6. The molecule has 0 amide bonds. The highest BCUT2D eigenvalue weighted by molar-refractivity contribution is 7.80. The molecule has 1 aliphatic rings. The van der Waals surface area contributed by atoms with Crippen LogP contribution in [0, 0.1) is 6.92 Å². The lowest BCUT2D eigenvalue weighted by molar-refractivity contribution is 0.400. The minimum Gasteiger partial charge on any atom is -0.349 e. The standard InChI is InChI=1S/C23H26N6S/c1-15-6-7-19-20(9-15)27-21(30)11-17-13-25-23(28-22(17)19)26-18-10-16(12-24-14-18)5-4-8-29(2)3/h6-7,9-10,12-14H,4-5,8,11H2,1-3H3,(H,27,30)(H,25,26,28). The SMILES string of the molecule is Cc1ccc2c(c1)NC(=S)Cc1cnc(Nc3cncc(CCCN(C)C)c3)nc1-2. The van der Waals surface area contributed by atoms with Gasteiger partial charge in [0.05, 0.1) is 22.6 Å². The molecule has 4 rings (SSSR count). The fraction of sp³-hybridized carbons (Fsp3) is 0.304. The largest absolute Gasteiger partial charge is 0.349 e. The summed E-state index contributed by atoms with van der Waals surface area (Å²) in [6.07, 6.45) is 8.30. The number of benzene rings is 1. The molecule has 0 saturated carbocycles. The molecule has 0 atom stereocenters. The number of aromatic nitrogens is 3. The molecule has 30 heavy (non-hydrogen) atoms. The summed E-state index contributed by atoms with van der Waals surface area (Å²) < 4.78 is 0. The van der Waals surface area contributed by atoms with Crippen molar-refractivity contribution in [2.24, 2.45) is 0 Å². The van der Waals surface area contributed by atoms with Crippen molar-refractivity contribution in [3.63, 3.8) is 0 Å². The Bertz CT molecular complexity index is 1080. The van der Waals surface area contributed by atoms with Crippen molar-refractivity contribution in [1.29, 1.82) is 0 Å². The lowest BCUT2D eigenvalue weighted by atomic mass is 10.0. The van der Waals surface area contributed by atoms with Crippen LogP contribution in [0.5, 0.6) is 0 Å². The lowest BCUT2D eigenvalue weighted by Gasteiger charge is -2.12. The molecule has 154 valence electrons. The Kier molecular flexibility index (Phi) is 6.01. The quantitative estimate of drug-likeness (QED) is 0.576. The van der Waals surface area contributed by atoms with Crippen LogP contribution in [0.2, 0.25) is 0 Å². The molecular formula is C23H26N6S. The van der Waals surface area contributed by atoms with Crippen LogP contribution in [0.25, 0.3) is 11.3 Å². The third-order valence-corrected chi connectivity index (χ3v) is 5.29. The zero-order valence-corrected chi connectivity index (χ0v) is 18.4. The summed E-state index contributed by atoms with van der Waals surface area (Å²) >= 11 is 5.50. The van der Waals surface area contributed by atoms with Crippen LogP contribution in [0.15, 0.2) is 42.9 Å². The molecule has 0 spiro atoms. The Morgan fingerprint density at radius 3 is 2.87 bits per heavy atom. The molecule has 0 fully saturated rings. The average Bonchev–Trinajstić information content (AvgIpc) is 2.82. The van der Waals surface area contributed by atoms with Gasteiger partial charge in [-0.05, 0) is 63.7 Å². The molecule has 1 aromatic carbocycles. The molecule has 0 unspecified atom stereocenters. The minimum atomic E-state index is 0.556. The van der Waals surface area contributed by atoms with E-state index in [1.807, 2.05) is 12.4 Å². The van der Waals surface area contributed by atoms with E-state index in [0.29, 0.717) is 12.4 Å². The molecule has 0 saturated heterocycles. The van der Waals surface area contributed by atoms with E-state index in [0.717, 1.165) is 52.6 Å². The Hall–Kier alpha value is -2.90.